The van der Waals surface area contributed by atoms with Gasteiger partial charge in [-0.25, -0.2) is 19.4 Å². The van der Waals surface area contributed by atoms with E-state index in [4.69, 9.17) is 17.3 Å². The van der Waals surface area contributed by atoms with Crippen molar-refractivity contribution < 1.29 is 41.9 Å². The maximum atomic E-state index is 14.1. The van der Waals surface area contributed by atoms with E-state index in [0.717, 1.165) is 36.7 Å². The minimum atomic E-state index is -4.83. The Hall–Kier alpha value is -5.53. The average Bonchev–Trinajstić information content (AvgIpc) is 3.77. The molecule has 3 amide bonds. The topological polar surface area (TPSA) is 194 Å². The van der Waals surface area contributed by atoms with Gasteiger partial charge in [0.2, 0.25) is 5.91 Å². The number of carboxylic acids is 1. The number of piperidine rings is 1. The third-order valence-corrected chi connectivity index (χ3v) is 11.7. The molecular weight excluding hydrogens is 783 g/mol. The molecule has 3 saturated heterocycles. The van der Waals surface area contributed by atoms with E-state index in [1.54, 1.807) is 9.80 Å². The lowest BCUT2D eigenvalue weighted by Gasteiger charge is -2.47. The zero-order chi connectivity index (χ0) is 41.5. The number of aromatic nitrogens is 5. The van der Waals surface area contributed by atoms with Gasteiger partial charge in [-0.3, -0.25) is 14.4 Å². The van der Waals surface area contributed by atoms with Crippen LogP contribution in [0.3, 0.4) is 0 Å². The number of anilines is 2. The number of amides is 3. The molecule has 20 heteroatoms. The number of nitrogens with zero attached hydrogens (tertiary/aromatic N) is 8. The lowest BCUT2D eigenvalue weighted by Crippen LogP contribution is -2.63. The monoisotopic (exact) mass is 826 g/mol. The van der Waals surface area contributed by atoms with Gasteiger partial charge in [0.15, 0.2) is 23.9 Å². The molecule has 0 aliphatic carbocycles. The van der Waals surface area contributed by atoms with Crippen LogP contribution < -0.4 is 16.4 Å². The third-order valence-electron chi connectivity index (χ3n) is 11.3. The highest BCUT2D eigenvalue weighted by molar-refractivity contribution is 6.34. The Morgan fingerprint density at radius 3 is 2.41 bits per heavy atom. The van der Waals surface area contributed by atoms with E-state index >= 15 is 0 Å². The number of benzene rings is 1. The Balaban J connectivity index is 0.972. The summed E-state index contributed by atoms with van der Waals surface area (Å²) < 4.78 is 45.0. The molecule has 6 heterocycles. The standard InChI is InChI=1S/C38H43ClF3N11O5/c1-22-18-50(36(57)24-7-11-53(12-8-24,21-32(54)55)20-23-14-44-15-23)9-10-51(22)37(58)27-5-4-26(13-29(27)39)47-35(56)34-46-17-30(49(34)2)28-19-52(48-33(28)38(40,41)42)31-6-3-25(43)16-45-31/h3-6,13,16-17,19,22-24,44H,7-12,14-15,18,20-21,43H2,1-2H3,(H-,47,54,55,56,58)/p+1/t22-,24?,53?/m0/s1. The molecule has 7 rings (SSSR count). The van der Waals surface area contributed by atoms with E-state index in [-0.39, 0.29) is 76.0 Å². The van der Waals surface area contributed by atoms with E-state index in [9.17, 15) is 37.5 Å². The van der Waals surface area contributed by atoms with Gasteiger partial charge < -0.3 is 40.3 Å². The van der Waals surface area contributed by atoms with Gasteiger partial charge >= 0.3 is 12.1 Å². The van der Waals surface area contributed by atoms with E-state index in [1.165, 1.54) is 48.1 Å². The lowest BCUT2D eigenvalue weighted by atomic mass is 9.90. The molecule has 0 unspecified atom stereocenters. The number of imidazole rings is 1. The number of carboxylic acid groups (broad SMARTS) is 1. The van der Waals surface area contributed by atoms with Crippen molar-refractivity contribution in [3.8, 4) is 17.1 Å². The largest absolute Gasteiger partial charge is 0.477 e. The van der Waals surface area contributed by atoms with Crippen LogP contribution in [-0.2, 0) is 22.8 Å². The number of hydrogen-bond donors (Lipinski definition) is 4. The number of halogens is 4. The summed E-state index contributed by atoms with van der Waals surface area (Å²) in [5.74, 6) is -1.71. The van der Waals surface area contributed by atoms with E-state index < -0.39 is 23.7 Å². The Kier molecular flexibility index (Phi) is 11.2. The molecule has 3 aliphatic heterocycles. The molecule has 0 radical (unpaired) electrons. The first-order valence-corrected chi connectivity index (χ1v) is 19.3. The van der Waals surface area contributed by atoms with Crippen LogP contribution in [-0.4, -0.2) is 132 Å². The van der Waals surface area contributed by atoms with Gasteiger partial charge in [0, 0.05) is 82.4 Å². The Morgan fingerprint density at radius 2 is 1.81 bits per heavy atom. The second-order valence-electron chi connectivity index (χ2n) is 15.4. The molecule has 58 heavy (non-hydrogen) atoms. The number of carbonyl (C=O) groups is 4. The zero-order valence-electron chi connectivity index (χ0n) is 31.9. The van der Waals surface area contributed by atoms with Gasteiger partial charge in [-0.15, -0.1) is 0 Å². The highest BCUT2D eigenvalue weighted by Gasteiger charge is 2.43. The van der Waals surface area contributed by atoms with Crippen molar-refractivity contribution in [2.45, 2.75) is 32.0 Å². The van der Waals surface area contributed by atoms with Crippen LogP contribution >= 0.6 is 11.6 Å². The van der Waals surface area contributed by atoms with E-state index in [2.05, 4.69) is 25.7 Å². The fourth-order valence-electron chi connectivity index (χ4n) is 8.20. The van der Waals surface area contributed by atoms with Crippen molar-refractivity contribution in [1.82, 2.24) is 39.4 Å². The van der Waals surface area contributed by atoms with Crippen LogP contribution in [0, 0.1) is 11.8 Å². The first-order chi connectivity index (χ1) is 27.5. The number of rotatable bonds is 10. The molecule has 0 bridgehead atoms. The van der Waals surface area contributed by atoms with Crippen molar-refractivity contribution in [2.75, 3.05) is 70.0 Å². The summed E-state index contributed by atoms with van der Waals surface area (Å²) in [6, 6.07) is 6.96. The van der Waals surface area contributed by atoms with Gasteiger partial charge in [0.25, 0.3) is 11.8 Å². The molecule has 5 N–H and O–H groups in total. The number of pyridine rings is 1. The van der Waals surface area contributed by atoms with Crippen molar-refractivity contribution >= 4 is 46.7 Å². The predicted molar refractivity (Wildman–Crippen MR) is 206 cm³/mol. The summed E-state index contributed by atoms with van der Waals surface area (Å²) in [6.07, 6.45) is -0.0158. The highest BCUT2D eigenvalue weighted by atomic mass is 35.5. The first-order valence-electron chi connectivity index (χ1n) is 18.9. The number of quaternary nitrogens is 1. The number of nitrogens with one attached hydrogen (secondary N) is 2. The Morgan fingerprint density at radius 1 is 1.07 bits per heavy atom. The number of nitrogens with two attached hydrogens (primary N) is 1. The Labute approximate surface area is 336 Å². The maximum absolute atomic E-state index is 14.1. The maximum Gasteiger partial charge on any atom is 0.435 e. The van der Waals surface area contributed by atoms with Crippen LogP contribution in [0.15, 0.2) is 48.9 Å². The molecular formula is C38H44ClF3N11O5+. The lowest BCUT2D eigenvalue weighted by molar-refractivity contribution is -0.929. The number of alkyl halides is 3. The van der Waals surface area contributed by atoms with E-state index in [1.807, 2.05) is 6.92 Å². The smallest absolute Gasteiger partial charge is 0.435 e. The Bertz CT molecular complexity index is 2210. The minimum Gasteiger partial charge on any atom is -0.477 e. The quantitative estimate of drug-likeness (QED) is 0.172. The number of nitrogen functional groups attached to an aromatic ring is 1. The summed E-state index contributed by atoms with van der Waals surface area (Å²) in [5, 5.41) is 19.3. The average molecular weight is 827 g/mol. The summed E-state index contributed by atoms with van der Waals surface area (Å²) in [5.41, 5.74) is 4.86. The number of aliphatic carboxylic acids is 1. The molecule has 1 atom stereocenters. The van der Waals surface area contributed by atoms with E-state index in [0.29, 0.717) is 55.1 Å². The van der Waals surface area contributed by atoms with Gasteiger partial charge in [0.1, 0.15) is 0 Å². The highest BCUT2D eigenvalue weighted by Crippen LogP contribution is 2.37. The second kappa shape index (κ2) is 16.0. The van der Waals surface area contributed by atoms with Crippen LogP contribution in [0.1, 0.15) is 46.4 Å². The molecule has 0 saturated carbocycles. The van der Waals surface area contributed by atoms with Crippen molar-refractivity contribution in [1.29, 1.82) is 0 Å². The van der Waals surface area contributed by atoms with Crippen molar-refractivity contribution in [2.24, 2.45) is 18.9 Å². The summed E-state index contributed by atoms with van der Waals surface area (Å²) in [6.45, 7) is 6.76. The fourth-order valence-corrected chi connectivity index (χ4v) is 8.46. The predicted octanol–water partition coefficient (Wildman–Crippen LogP) is 3.38. The second-order valence-corrected chi connectivity index (χ2v) is 15.8. The molecule has 16 nitrogen and oxygen atoms in total. The molecule has 0 spiro atoms. The first kappa shape index (κ1) is 40.7. The van der Waals surface area contributed by atoms with Crippen LogP contribution in [0.5, 0.6) is 0 Å². The normalized spacial score (nSPS) is 21.4. The molecule has 4 aromatic rings. The number of carbonyl (C=O) groups excluding carboxylic acids is 3. The van der Waals surface area contributed by atoms with Crippen LogP contribution in [0.4, 0.5) is 24.5 Å². The SMILES string of the molecule is C[C@H]1CN(C(=O)C2CC[N+](CC(=O)O)(CC3CNC3)CC2)CCN1C(=O)c1ccc(NC(=O)c2ncc(-c3cn(-c4ccc(N)cn4)nc3C(F)(F)F)n2C)cc1Cl. The molecule has 3 aliphatic rings. The van der Waals surface area contributed by atoms with Crippen LogP contribution in [0.25, 0.3) is 17.1 Å². The van der Waals surface area contributed by atoms with Gasteiger partial charge in [-0.1, -0.05) is 11.6 Å². The summed E-state index contributed by atoms with van der Waals surface area (Å²) >= 11 is 6.58. The van der Waals surface area contributed by atoms with Crippen molar-refractivity contribution in [3.63, 3.8) is 0 Å². The number of likely N-dealkylation sites (tertiary alicyclic amines) is 1. The van der Waals surface area contributed by atoms with Crippen molar-refractivity contribution in [3.05, 3.63) is 71.0 Å². The molecule has 3 aromatic heterocycles. The minimum absolute atomic E-state index is 0.0259. The molecule has 308 valence electrons. The van der Waals surface area contributed by atoms with Gasteiger partial charge in [-0.05, 0) is 37.3 Å². The molecule has 1 aromatic carbocycles. The zero-order valence-corrected chi connectivity index (χ0v) is 32.6. The summed E-state index contributed by atoms with van der Waals surface area (Å²) in [4.78, 5) is 64.0. The molecule has 3 fully saturated rings. The van der Waals surface area contributed by atoms with Gasteiger partial charge in [-0.2, -0.15) is 18.3 Å². The fraction of sp³-hybridized carbons (Fsp3) is 0.447. The van der Waals surface area contributed by atoms with Crippen LogP contribution in [0.2, 0.25) is 5.02 Å². The van der Waals surface area contributed by atoms with Gasteiger partial charge in [0.05, 0.1) is 59.6 Å². The summed E-state index contributed by atoms with van der Waals surface area (Å²) in [7, 11) is 1.40. The number of hydrogen-bond acceptors (Lipinski definition) is 9. The number of piperazine rings is 1. The third kappa shape index (κ3) is 8.37.